The molecule has 2 aromatic heterocycles. The van der Waals surface area contributed by atoms with Gasteiger partial charge in [0.1, 0.15) is 16.9 Å². The minimum absolute atomic E-state index is 0.104. The normalized spacial score (nSPS) is 18.5. The molecule has 1 atom stereocenters. The number of carbonyl (C=O) groups is 3. The lowest BCUT2D eigenvalue weighted by Gasteiger charge is -2.25. The number of fused-ring (bicyclic) bond motifs is 3. The maximum absolute atomic E-state index is 14.5. The molecule has 4 N–H and O–H groups in total. The second-order valence-electron chi connectivity index (χ2n) is 11.0. The third-order valence-electron chi connectivity index (χ3n) is 8.02. The average molecular weight is 709 g/mol. The summed E-state index contributed by atoms with van der Waals surface area (Å²) in [7, 11) is 0. The molecule has 3 aromatic carbocycles. The van der Waals surface area contributed by atoms with Gasteiger partial charge in [0, 0.05) is 27.0 Å². The summed E-state index contributed by atoms with van der Waals surface area (Å²) >= 11 is 11.9. The Bertz CT molecular complexity index is 2410. The van der Waals surface area contributed by atoms with Crippen LogP contribution in [0.1, 0.15) is 27.4 Å². The summed E-state index contributed by atoms with van der Waals surface area (Å²) < 4.78 is 2.13. The summed E-state index contributed by atoms with van der Waals surface area (Å²) in [6, 6.07) is 17.6. The van der Waals surface area contributed by atoms with Crippen LogP contribution in [-0.2, 0) is 11.8 Å². The van der Waals surface area contributed by atoms with Crippen molar-refractivity contribution >= 4 is 76.1 Å². The zero-order chi connectivity index (χ0) is 34.7. The zero-order valence-electron chi connectivity index (χ0n) is 25.0. The quantitative estimate of drug-likeness (QED) is 0.160. The molecule has 0 saturated heterocycles. The van der Waals surface area contributed by atoms with E-state index in [2.05, 4.69) is 51.0 Å². The summed E-state index contributed by atoms with van der Waals surface area (Å²) in [6.07, 6.45) is -0.104. The van der Waals surface area contributed by atoms with Crippen molar-refractivity contribution in [2.45, 2.75) is 11.8 Å². The van der Waals surface area contributed by atoms with Gasteiger partial charge in [-0.2, -0.15) is 15.0 Å². The maximum Gasteiger partial charge on any atom is 0.348 e. The number of nitrogens with zero attached hydrogens (tertiary/aromatic N) is 10. The van der Waals surface area contributed by atoms with E-state index in [1.54, 1.807) is 72.8 Å². The minimum Gasteiger partial charge on any atom is -0.493 e. The number of amides is 4. The number of aromatic nitrogens is 4. The molecule has 19 heteroatoms. The van der Waals surface area contributed by atoms with Gasteiger partial charge in [-0.15, -0.1) is 20.5 Å². The first-order valence-electron chi connectivity index (χ1n) is 14.5. The number of aromatic hydroxyl groups is 2. The molecule has 5 aromatic rings. The average Bonchev–Trinajstić information content (AvgIpc) is 3.90. The number of aliphatic imine (C=N–C) groups is 2. The number of benzene rings is 3. The number of urea groups is 2. The summed E-state index contributed by atoms with van der Waals surface area (Å²) in [4.78, 5) is 57.0. The van der Waals surface area contributed by atoms with Gasteiger partial charge >= 0.3 is 12.1 Å². The molecule has 0 radical (unpaired) electrons. The largest absolute Gasteiger partial charge is 0.493 e. The number of ketones is 1. The lowest BCUT2D eigenvalue weighted by Crippen LogP contribution is -2.39. The predicted octanol–water partition coefficient (Wildman–Crippen LogP) is 6.59. The lowest BCUT2D eigenvalue weighted by molar-refractivity contribution is 0.0918. The third-order valence-corrected chi connectivity index (χ3v) is 8.52. The Hall–Kier alpha value is -6.59. The van der Waals surface area contributed by atoms with Crippen LogP contribution in [0.3, 0.4) is 0 Å². The van der Waals surface area contributed by atoms with Crippen LogP contribution < -0.4 is 10.6 Å². The fraction of sp³-hybridized carbons (Fsp3) is 0.0645. The highest BCUT2D eigenvalue weighted by molar-refractivity contribution is 6.31. The lowest BCUT2D eigenvalue weighted by atomic mass is 9.79. The Morgan fingerprint density at radius 2 is 1.34 bits per heavy atom. The Balaban J connectivity index is 1.23. The van der Waals surface area contributed by atoms with E-state index >= 15 is 0 Å². The van der Waals surface area contributed by atoms with Gasteiger partial charge in [-0.05, 0) is 60.5 Å². The van der Waals surface area contributed by atoms with Crippen LogP contribution in [0.2, 0.25) is 10.0 Å². The molecule has 0 fully saturated rings. The molecule has 2 aliphatic heterocycles. The Kier molecular flexibility index (Phi) is 7.09. The van der Waals surface area contributed by atoms with Crippen molar-refractivity contribution in [2.24, 2.45) is 30.4 Å². The number of hydrogen-bond acceptors (Lipinski definition) is 9. The maximum atomic E-state index is 14.5. The van der Waals surface area contributed by atoms with E-state index in [-0.39, 0.29) is 41.6 Å². The Labute approximate surface area is 289 Å². The van der Waals surface area contributed by atoms with Gasteiger partial charge in [-0.1, -0.05) is 47.5 Å². The monoisotopic (exact) mass is 708 g/mol. The molecular formula is C31H18Cl2N12O5. The van der Waals surface area contributed by atoms with E-state index in [9.17, 15) is 24.6 Å². The number of imidazole rings is 2. The summed E-state index contributed by atoms with van der Waals surface area (Å²) in [6.45, 7) is 0. The standard InChI is InChI=1S/C31H18Cl2N12O5/c32-15-5-9-17(10-6-15)34-29(49)38-27-41-40-22-23(47)37-25(44(22)27)31(13-14-3-1-2-4-19(14)21(31)46)20-24(48)45-26(36-20)42-43-28(45)39-30(50)35-18-11-7-16(33)8-12-18/h1-12,47-48H,13H2,(H,34,49)(H,35,50)/b38-27?,39-28-. The fourth-order valence-corrected chi connectivity index (χ4v) is 6.09. The van der Waals surface area contributed by atoms with Crippen LogP contribution in [0, 0.1) is 0 Å². The van der Waals surface area contributed by atoms with E-state index < -0.39 is 35.0 Å². The van der Waals surface area contributed by atoms with Crippen molar-refractivity contribution in [3.05, 3.63) is 105 Å². The molecule has 3 aliphatic rings. The van der Waals surface area contributed by atoms with Gasteiger partial charge < -0.3 is 20.8 Å². The van der Waals surface area contributed by atoms with Crippen LogP contribution in [-0.4, -0.2) is 59.1 Å². The van der Waals surface area contributed by atoms with Crippen LogP contribution in [0.15, 0.2) is 103 Å². The molecule has 1 aliphatic carbocycles. The molecule has 17 nitrogen and oxygen atoms in total. The molecular weight excluding hydrogens is 691 g/mol. The molecule has 4 heterocycles. The van der Waals surface area contributed by atoms with Gasteiger partial charge in [0.25, 0.3) is 23.7 Å². The first-order valence-corrected chi connectivity index (χ1v) is 15.3. The van der Waals surface area contributed by atoms with Gasteiger partial charge in [0.15, 0.2) is 5.78 Å². The summed E-state index contributed by atoms with van der Waals surface area (Å²) in [5, 5.41) is 44.4. The molecule has 4 amide bonds. The van der Waals surface area contributed by atoms with Crippen LogP contribution in [0.5, 0.6) is 11.8 Å². The zero-order valence-corrected chi connectivity index (χ0v) is 26.5. The van der Waals surface area contributed by atoms with Gasteiger partial charge in [-0.25, -0.2) is 23.7 Å². The number of halogens is 2. The number of hydrogen-bond donors (Lipinski definition) is 4. The smallest absolute Gasteiger partial charge is 0.348 e. The number of carbonyl (C=O) groups excluding carboxylic acids is 3. The highest BCUT2D eigenvalue weighted by atomic mass is 35.5. The topological polar surface area (TPSA) is 226 Å². The van der Waals surface area contributed by atoms with E-state index in [1.807, 2.05) is 0 Å². The second-order valence-corrected chi connectivity index (χ2v) is 11.9. The van der Waals surface area contributed by atoms with E-state index in [0.717, 1.165) is 9.13 Å². The van der Waals surface area contributed by atoms with Gasteiger partial charge in [0.05, 0.1) is 0 Å². The molecule has 8 rings (SSSR count). The number of azo groups is 2. The Morgan fingerprint density at radius 3 is 1.96 bits per heavy atom. The summed E-state index contributed by atoms with van der Waals surface area (Å²) in [5.74, 6) is -3.09. The van der Waals surface area contributed by atoms with Crippen LogP contribution >= 0.6 is 23.2 Å². The molecule has 0 spiro atoms. The number of rotatable bonds is 4. The molecule has 0 saturated carbocycles. The first kappa shape index (κ1) is 30.7. The first-order chi connectivity index (χ1) is 24.1. The molecule has 50 heavy (non-hydrogen) atoms. The Morgan fingerprint density at radius 1 is 0.760 bits per heavy atom. The van der Waals surface area contributed by atoms with Crippen LogP contribution in [0.4, 0.5) is 32.7 Å². The SMILES string of the molecule is O=C(N=C1N=Nc2c(O)nc(C3(c4nc5n(c4O)/C(=N\C(=O)Nc4ccc(Cl)cc4)N=N5)Cc4ccccc4C3=O)n21)Nc1ccc(Cl)cc1. The van der Waals surface area contributed by atoms with Crippen molar-refractivity contribution in [3.63, 3.8) is 0 Å². The highest BCUT2D eigenvalue weighted by Gasteiger charge is 2.57. The van der Waals surface area contributed by atoms with E-state index in [4.69, 9.17) is 23.2 Å². The number of Topliss-reactive ketones (excluding diaryl/α,β-unsaturated/α-hetero) is 1. The minimum atomic E-state index is -1.95. The van der Waals surface area contributed by atoms with Crippen molar-refractivity contribution in [2.75, 3.05) is 10.6 Å². The van der Waals surface area contributed by atoms with Crippen molar-refractivity contribution in [1.82, 2.24) is 19.1 Å². The number of nitrogens with one attached hydrogen (secondary N) is 2. The van der Waals surface area contributed by atoms with Crippen molar-refractivity contribution in [1.29, 1.82) is 0 Å². The highest BCUT2D eigenvalue weighted by Crippen LogP contribution is 2.50. The molecule has 0 bridgehead atoms. The molecule has 1 unspecified atom stereocenters. The van der Waals surface area contributed by atoms with Crippen molar-refractivity contribution < 1.29 is 24.6 Å². The van der Waals surface area contributed by atoms with E-state index in [1.165, 1.54) is 0 Å². The third kappa shape index (κ3) is 4.91. The van der Waals surface area contributed by atoms with Crippen LogP contribution in [0.25, 0.3) is 0 Å². The second kappa shape index (κ2) is 11.5. The molecule has 246 valence electrons. The van der Waals surface area contributed by atoms with Crippen molar-refractivity contribution in [3.8, 4) is 11.8 Å². The predicted molar refractivity (Wildman–Crippen MR) is 179 cm³/mol. The van der Waals surface area contributed by atoms with Gasteiger partial charge in [0.2, 0.25) is 11.7 Å². The van der Waals surface area contributed by atoms with E-state index in [0.29, 0.717) is 32.5 Å². The van der Waals surface area contributed by atoms with Gasteiger partial charge in [-0.3, -0.25) is 4.79 Å². The number of anilines is 2. The summed E-state index contributed by atoms with van der Waals surface area (Å²) in [5.41, 5.74) is -0.549. The fourth-order valence-electron chi connectivity index (χ4n) is 5.84.